The van der Waals surface area contributed by atoms with Crippen LogP contribution in [0.1, 0.15) is 26.2 Å². The van der Waals surface area contributed by atoms with E-state index in [0.29, 0.717) is 38.3 Å². The van der Waals surface area contributed by atoms with Crippen molar-refractivity contribution in [2.75, 3.05) is 26.3 Å². The van der Waals surface area contributed by atoms with Crippen LogP contribution < -0.4 is 9.47 Å². The van der Waals surface area contributed by atoms with Crippen molar-refractivity contribution in [3.63, 3.8) is 0 Å². The van der Waals surface area contributed by atoms with E-state index >= 15 is 0 Å². The molecule has 1 aliphatic rings. The summed E-state index contributed by atoms with van der Waals surface area (Å²) in [6, 6.07) is 7.24. The van der Waals surface area contributed by atoms with Crippen molar-refractivity contribution in [3.05, 3.63) is 24.3 Å². The Bertz CT molecular complexity index is 474. The summed E-state index contributed by atoms with van der Waals surface area (Å²) >= 11 is 0. The summed E-state index contributed by atoms with van der Waals surface area (Å²) in [5, 5.41) is 0. The Morgan fingerprint density at radius 3 is 2.24 bits per heavy atom. The Hall–Kier alpha value is -2.04. The Labute approximate surface area is 124 Å². The Balaban J connectivity index is 1.77. The van der Waals surface area contributed by atoms with Gasteiger partial charge in [-0.05, 0) is 30.7 Å². The second kappa shape index (κ2) is 7.67. The van der Waals surface area contributed by atoms with Crippen LogP contribution in [0.2, 0.25) is 0 Å². The number of ketones is 1. The lowest BCUT2D eigenvalue weighted by Crippen LogP contribution is -2.41. The van der Waals surface area contributed by atoms with Crippen LogP contribution in [0.3, 0.4) is 0 Å². The maximum absolute atomic E-state index is 12.0. The molecule has 1 aromatic rings. The fourth-order valence-corrected chi connectivity index (χ4v) is 2.09. The number of amides is 1. The molecule has 0 N–H and O–H groups in total. The van der Waals surface area contributed by atoms with E-state index in [1.165, 1.54) is 0 Å². The molecule has 5 heteroatoms. The summed E-state index contributed by atoms with van der Waals surface area (Å²) in [6.07, 6.45) is 1.87. The van der Waals surface area contributed by atoms with Crippen molar-refractivity contribution in [2.24, 2.45) is 0 Å². The molecule has 1 heterocycles. The van der Waals surface area contributed by atoms with E-state index in [-0.39, 0.29) is 18.3 Å². The van der Waals surface area contributed by atoms with Crippen molar-refractivity contribution in [1.29, 1.82) is 0 Å². The highest BCUT2D eigenvalue weighted by Crippen LogP contribution is 2.18. The normalized spacial score (nSPS) is 14.9. The number of piperidine rings is 1. The van der Waals surface area contributed by atoms with Gasteiger partial charge in [0.2, 0.25) is 0 Å². The van der Waals surface area contributed by atoms with Gasteiger partial charge in [0.15, 0.2) is 6.61 Å². The average molecular weight is 291 g/mol. The Morgan fingerprint density at radius 2 is 1.67 bits per heavy atom. The molecular weight excluding hydrogens is 270 g/mol. The molecule has 0 aliphatic carbocycles. The SMILES string of the molecule is CCCOc1ccc(OCC(=O)N2CCC(=O)CC2)cc1. The van der Waals surface area contributed by atoms with Gasteiger partial charge in [0.25, 0.3) is 5.91 Å². The van der Waals surface area contributed by atoms with Gasteiger partial charge in [0.05, 0.1) is 6.61 Å². The molecule has 0 saturated carbocycles. The number of carbonyl (C=O) groups excluding carboxylic acids is 2. The van der Waals surface area contributed by atoms with Crippen LogP contribution in [0.15, 0.2) is 24.3 Å². The zero-order valence-electron chi connectivity index (χ0n) is 12.3. The number of rotatable bonds is 6. The molecular formula is C16H21NO4. The molecule has 114 valence electrons. The summed E-state index contributed by atoms with van der Waals surface area (Å²) in [5.74, 6) is 1.58. The van der Waals surface area contributed by atoms with E-state index in [1.807, 2.05) is 12.1 Å². The number of benzene rings is 1. The van der Waals surface area contributed by atoms with Gasteiger partial charge in [0.1, 0.15) is 17.3 Å². The minimum atomic E-state index is -0.0752. The van der Waals surface area contributed by atoms with Crippen molar-refractivity contribution < 1.29 is 19.1 Å². The van der Waals surface area contributed by atoms with Crippen molar-refractivity contribution in [1.82, 2.24) is 4.90 Å². The smallest absolute Gasteiger partial charge is 0.260 e. The van der Waals surface area contributed by atoms with Crippen LogP contribution >= 0.6 is 0 Å². The number of ether oxygens (including phenoxy) is 2. The standard InChI is InChI=1S/C16H21NO4/c1-2-11-20-14-3-5-15(6-4-14)21-12-16(19)17-9-7-13(18)8-10-17/h3-6H,2,7-12H2,1H3. The van der Waals surface area contributed by atoms with Gasteiger partial charge in [-0.1, -0.05) is 6.92 Å². The molecule has 0 atom stereocenters. The molecule has 1 aromatic carbocycles. The number of likely N-dealkylation sites (tertiary alicyclic amines) is 1. The maximum Gasteiger partial charge on any atom is 0.260 e. The molecule has 1 saturated heterocycles. The van der Waals surface area contributed by atoms with Crippen LogP contribution in [0, 0.1) is 0 Å². The van der Waals surface area contributed by atoms with Crippen molar-refractivity contribution in [2.45, 2.75) is 26.2 Å². The van der Waals surface area contributed by atoms with Gasteiger partial charge in [-0.3, -0.25) is 9.59 Å². The van der Waals surface area contributed by atoms with E-state index < -0.39 is 0 Å². The first-order valence-corrected chi connectivity index (χ1v) is 7.34. The summed E-state index contributed by atoms with van der Waals surface area (Å²) in [4.78, 5) is 24.8. The fraction of sp³-hybridized carbons (Fsp3) is 0.500. The molecule has 1 aliphatic heterocycles. The fourth-order valence-electron chi connectivity index (χ4n) is 2.09. The number of hydrogen-bond donors (Lipinski definition) is 0. The van der Waals surface area contributed by atoms with E-state index in [9.17, 15) is 9.59 Å². The first kappa shape index (κ1) is 15.4. The van der Waals surface area contributed by atoms with Gasteiger partial charge >= 0.3 is 0 Å². The summed E-state index contributed by atoms with van der Waals surface area (Å²) in [5.41, 5.74) is 0. The zero-order valence-corrected chi connectivity index (χ0v) is 12.3. The van der Waals surface area contributed by atoms with Crippen molar-refractivity contribution in [3.8, 4) is 11.5 Å². The minimum Gasteiger partial charge on any atom is -0.494 e. The predicted molar refractivity (Wildman–Crippen MR) is 78.5 cm³/mol. The second-order valence-corrected chi connectivity index (χ2v) is 5.03. The van der Waals surface area contributed by atoms with Gasteiger partial charge in [0, 0.05) is 25.9 Å². The molecule has 1 amide bonds. The highest BCUT2D eigenvalue weighted by molar-refractivity contribution is 5.83. The van der Waals surface area contributed by atoms with Gasteiger partial charge in [-0.2, -0.15) is 0 Å². The molecule has 0 spiro atoms. The Morgan fingerprint density at radius 1 is 1.10 bits per heavy atom. The van der Waals surface area contributed by atoms with Crippen LogP contribution in [-0.4, -0.2) is 42.9 Å². The van der Waals surface area contributed by atoms with Gasteiger partial charge in [-0.15, -0.1) is 0 Å². The molecule has 5 nitrogen and oxygen atoms in total. The van der Waals surface area contributed by atoms with Crippen LogP contribution in [0.5, 0.6) is 11.5 Å². The lowest BCUT2D eigenvalue weighted by atomic mass is 10.1. The highest BCUT2D eigenvalue weighted by Gasteiger charge is 2.20. The van der Waals surface area contributed by atoms with Crippen LogP contribution in [0.25, 0.3) is 0 Å². The number of nitrogens with zero attached hydrogens (tertiary/aromatic N) is 1. The first-order valence-electron chi connectivity index (χ1n) is 7.34. The van der Waals surface area contributed by atoms with E-state index in [4.69, 9.17) is 9.47 Å². The second-order valence-electron chi connectivity index (χ2n) is 5.03. The third kappa shape index (κ3) is 4.77. The Kier molecular flexibility index (Phi) is 5.60. The predicted octanol–water partition coefficient (Wildman–Crippen LogP) is 2.05. The largest absolute Gasteiger partial charge is 0.494 e. The molecule has 0 radical (unpaired) electrons. The average Bonchev–Trinajstić information content (AvgIpc) is 2.52. The monoisotopic (exact) mass is 291 g/mol. The van der Waals surface area contributed by atoms with Crippen LogP contribution in [0.4, 0.5) is 0 Å². The maximum atomic E-state index is 12.0. The van der Waals surface area contributed by atoms with Gasteiger partial charge < -0.3 is 14.4 Å². The molecule has 1 fully saturated rings. The highest BCUT2D eigenvalue weighted by atomic mass is 16.5. The van der Waals surface area contributed by atoms with Crippen LogP contribution in [-0.2, 0) is 9.59 Å². The first-order chi connectivity index (χ1) is 10.2. The van der Waals surface area contributed by atoms with E-state index in [1.54, 1.807) is 17.0 Å². The molecule has 21 heavy (non-hydrogen) atoms. The number of carbonyl (C=O) groups is 2. The number of Topliss-reactive ketones (excluding diaryl/α,β-unsaturated/α-hetero) is 1. The van der Waals surface area contributed by atoms with E-state index in [0.717, 1.165) is 12.2 Å². The lowest BCUT2D eigenvalue weighted by Gasteiger charge is -2.25. The summed E-state index contributed by atoms with van der Waals surface area (Å²) < 4.78 is 11.0. The third-order valence-electron chi connectivity index (χ3n) is 3.33. The number of hydrogen-bond acceptors (Lipinski definition) is 4. The topological polar surface area (TPSA) is 55.8 Å². The lowest BCUT2D eigenvalue weighted by molar-refractivity contribution is -0.136. The molecule has 0 aromatic heterocycles. The zero-order chi connectivity index (χ0) is 15.1. The minimum absolute atomic E-state index is 0.00333. The summed E-state index contributed by atoms with van der Waals surface area (Å²) in [6.45, 7) is 3.75. The van der Waals surface area contributed by atoms with Crippen molar-refractivity contribution >= 4 is 11.7 Å². The quantitative estimate of drug-likeness (QED) is 0.805. The molecule has 0 unspecified atom stereocenters. The third-order valence-corrected chi connectivity index (χ3v) is 3.33. The van der Waals surface area contributed by atoms with Gasteiger partial charge in [-0.25, -0.2) is 0 Å². The van der Waals surface area contributed by atoms with E-state index in [2.05, 4.69) is 6.92 Å². The molecule has 0 bridgehead atoms. The molecule has 2 rings (SSSR count). The summed E-state index contributed by atoms with van der Waals surface area (Å²) in [7, 11) is 0.